The lowest BCUT2D eigenvalue weighted by molar-refractivity contribution is -0.120. The van der Waals surface area contributed by atoms with Crippen molar-refractivity contribution in [3.05, 3.63) is 17.2 Å². The van der Waals surface area contributed by atoms with Gasteiger partial charge in [-0.2, -0.15) is 10.5 Å². The molecule has 1 amide bonds. The molecular formula is C13H13N5OS. The molecular weight excluding hydrogens is 274 g/mol. The van der Waals surface area contributed by atoms with Crippen LogP contribution in [0.2, 0.25) is 0 Å². The number of nitrogens with one attached hydrogen (secondary N) is 1. The first kappa shape index (κ1) is 14.2. The molecule has 1 saturated carbocycles. The Labute approximate surface area is 121 Å². The highest BCUT2D eigenvalue weighted by Crippen LogP contribution is 2.28. The van der Waals surface area contributed by atoms with E-state index >= 15 is 0 Å². The lowest BCUT2D eigenvalue weighted by Gasteiger charge is -2.12. The Morgan fingerprint density at radius 3 is 2.70 bits per heavy atom. The second-order valence-electron chi connectivity index (χ2n) is 4.54. The van der Waals surface area contributed by atoms with Crippen molar-refractivity contribution in [1.29, 1.82) is 10.5 Å². The van der Waals surface area contributed by atoms with Crippen molar-refractivity contribution in [3.8, 4) is 12.1 Å². The highest BCUT2D eigenvalue weighted by atomic mass is 32.2. The van der Waals surface area contributed by atoms with Gasteiger partial charge in [-0.15, -0.1) is 0 Å². The molecule has 7 heteroatoms. The van der Waals surface area contributed by atoms with Crippen LogP contribution in [-0.4, -0.2) is 22.2 Å². The zero-order valence-corrected chi connectivity index (χ0v) is 11.7. The van der Waals surface area contributed by atoms with Crippen LogP contribution in [0.4, 0.5) is 5.82 Å². The fourth-order valence-corrected chi connectivity index (χ4v) is 2.43. The monoisotopic (exact) mass is 287 g/mol. The topological polar surface area (TPSA) is 116 Å². The average molecular weight is 287 g/mol. The van der Waals surface area contributed by atoms with Crippen LogP contribution in [0, 0.1) is 22.7 Å². The van der Waals surface area contributed by atoms with E-state index in [-0.39, 0.29) is 28.1 Å². The number of pyridine rings is 1. The Hall–Kier alpha value is -2.25. The van der Waals surface area contributed by atoms with Crippen molar-refractivity contribution in [2.75, 3.05) is 5.73 Å². The maximum absolute atomic E-state index is 11.9. The minimum atomic E-state index is -0.373. The fraction of sp³-hybridized carbons (Fsp3) is 0.385. The van der Waals surface area contributed by atoms with Crippen molar-refractivity contribution < 1.29 is 4.79 Å². The molecule has 1 fully saturated rings. The number of nitriles is 2. The Morgan fingerprint density at radius 2 is 2.15 bits per heavy atom. The molecule has 20 heavy (non-hydrogen) atoms. The van der Waals surface area contributed by atoms with Gasteiger partial charge in [0.15, 0.2) is 0 Å². The molecule has 0 saturated heterocycles. The van der Waals surface area contributed by atoms with Gasteiger partial charge in [0.2, 0.25) is 5.91 Å². The molecule has 102 valence electrons. The number of carbonyl (C=O) groups excluding carboxylic acids is 1. The molecule has 0 aliphatic heterocycles. The second-order valence-corrected chi connectivity index (χ2v) is 5.87. The van der Waals surface area contributed by atoms with Crippen molar-refractivity contribution >= 4 is 23.5 Å². The number of hydrogen-bond acceptors (Lipinski definition) is 6. The molecule has 1 aromatic heterocycles. The van der Waals surface area contributed by atoms with Gasteiger partial charge >= 0.3 is 0 Å². The smallest absolute Gasteiger partial charge is 0.233 e. The minimum absolute atomic E-state index is 0.0730. The average Bonchev–Trinajstić information content (AvgIpc) is 3.23. The third kappa shape index (κ3) is 3.19. The van der Waals surface area contributed by atoms with Crippen LogP contribution < -0.4 is 11.1 Å². The van der Waals surface area contributed by atoms with E-state index in [1.807, 2.05) is 12.1 Å². The van der Waals surface area contributed by atoms with Crippen molar-refractivity contribution in [2.45, 2.75) is 36.1 Å². The quantitative estimate of drug-likeness (QED) is 0.803. The molecule has 0 aromatic carbocycles. The number of aromatic nitrogens is 1. The molecule has 2 rings (SSSR count). The summed E-state index contributed by atoms with van der Waals surface area (Å²) in [7, 11) is 0. The summed E-state index contributed by atoms with van der Waals surface area (Å²) in [6, 6.07) is 5.54. The van der Waals surface area contributed by atoms with Crippen LogP contribution in [0.15, 0.2) is 11.1 Å². The first-order chi connectivity index (χ1) is 9.55. The van der Waals surface area contributed by atoms with Gasteiger partial charge in [0.05, 0.1) is 16.4 Å². The van der Waals surface area contributed by atoms with E-state index in [0.29, 0.717) is 11.1 Å². The number of thioether (sulfide) groups is 1. The van der Waals surface area contributed by atoms with Gasteiger partial charge in [0.1, 0.15) is 23.0 Å². The van der Waals surface area contributed by atoms with Gasteiger partial charge in [0, 0.05) is 6.04 Å². The van der Waals surface area contributed by atoms with Crippen molar-refractivity contribution in [3.63, 3.8) is 0 Å². The summed E-state index contributed by atoms with van der Waals surface area (Å²) in [5.74, 6) is -0.00470. The number of nitrogens with two attached hydrogens (primary N) is 1. The number of hydrogen-bond donors (Lipinski definition) is 2. The molecule has 3 N–H and O–H groups in total. The van der Waals surface area contributed by atoms with Crippen LogP contribution >= 0.6 is 11.8 Å². The van der Waals surface area contributed by atoms with E-state index < -0.39 is 0 Å². The van der Waals surface area contributed by atoms with E-state index in [1.165, 1.54) is 17.8 Å². The Balaban J connectivity index is 2.15. The largest absolute Gasteiger partial charge is 0.383 e. The van der Waals surface area contributed by atoms with E-state index in [1.54, 1.807) is 6.92 Å². The summed E-state index contributed by atoms with van der Waals surface area (Å²) < 4.78 is 0. The summed E-state index contributed by atoms with van der Waals surface area (Å²) in [6.07, 6.45) is 2.04. The third-order valence-electron chi connectivity index (χ3n) is 2.84. The summed E-state index contributed by atoms with van der Waals surface area (Å²) in [6.45, 7) is 1.75. The zero-order valence-electron chi connectivity index (χ0n) is 10.9. The standard InChI is InChI=1S/C13H13N5OS/c1-7(12(19)17-10-2-3-10)20-13-9(6-15)4-8(5-14)11(16)18-13/h4,7,10H,2-3H2,1H3,(H2,16,18)(H,17,19)/t7-/m0/s1. The van der Waals surface area contributed by atoms with Crippen LogP contribution in [0.5, 0.6) is 0 Å². The highest BCUT2D eigenvalue weighted by Gasteiger charge is 2.26. The first-order valence-electron chi connectivity index (χ1n) is 6.13. The third-order valence-corrected chi connectivity index (χ3v) is 3.94. The molecule has 1 atom stereocenters. The minimum Gasteiger partial charge on any atom is -0.383 e. The molecule has 0 bridgehead atoms. The van der Waals surface area contributed by atoms with Gasteiger partial charge in [-0.25, -0.2) is 4.98 Å². The maximum atomic E-state index is 11.9. The summed E-state index contributed by atoms with van der Waals surface area (Å²) in [5.41, 5.74) is 6.07. The van der Waals surface area contributed by atoms with Gasteiger partial charge in [-0.05, 0) is 25.8 Å². The molecule has 6 nitrogen and oxygen atoms in total. The van der Waals surface area contributed by atoms with Crippen molar-refractivity contribution in [1.82, 2.24) is 10.3 Å². The summed E-state index contributed by atoms with van der Waals surface area (Å²) >= 11 is 1.17. The molecule has 0 spiro atoms. The van der Waals surface area contributed by atoms with E-state index in [4.69, 9.17) is 16.3 Å². The number of carbonyl (C=O) groups is 1. The number of anilines is 1. The van der Waals surface area contributed by atoms with Crippen molar-refractivity contribution in [2.24, 2.45) is 0 Å². The number of rotatable bonds is 4. The SMILES string of the molecule is C[C@H](Sc1nc(N)c(C#N)cc1C#N)C(=O)NC1CC1. The Kier molecular flexibility index (Phi) is 4.11. The van der Waals surface area contributed by atoms with Crippen LogP contribution in [-0.2, 0) is 4.79 Å². The summed E-state index contributed by atoms with van der Waals surface area (Å²) in [5, 5.41) is 20.8. The van der Waals surface area contributed by atoms with Gasteiger partial charge < -0.3 is 11.1 Å². The Morgan fingerprint density at radius 1 is 1.50 bits per heavy atom. The number of nitrogen functional groups attached to an aromatic ring is 1. The molecule has 0 unspecified atom stereocenters. The zero-order chi connectivity index (χ0) is 14.7. The molecule has 1 heterocycles. The highest BCUT2D eigenvalue weighted by molar-refractivity contribution is 8.00. The van der Waals surface area contributed by atoms with Gasteiger partial charge in [-0.3, -0.25) is 4.79 Å². The molecule has 1 aliphatic rings. The van der Waals surface area contributed by atoms with Crippen LogP contribution in [0.1, 0.15) is 30.9 Å². The maximum Gasteiger partial charge on any atom is 0.233 e. The molecule has 1 aromatic rings. The number of amides is 1. The second kappa shape index (κ2) is 5.81. The van der Waals surface area contributed by atoms with Crippen LogP contribution in [0.25, 0.3) is 0 Å². The predicted octanol–water partition coefficient (Wildman–Crippen LogP) is 1.17. The molecule has 0 radical (unpaired) electrons. The first-order valence-corrected chi connectivity index (χ1v) is 7.01. The lowest BCUT2D eigenvalue weighted by Crippen LogP contribution is -2.32. The molecule has 1 aliphatic carbocycles. The summed E-state index contributed by atoms with van der Waals surface area (Å²) in [4.78, 5) is 15.9. The van der Waals surface area contributed by atoms with E-state index in [2.05, 4.69) is 10.3 Å². The predicted molar refractivity (Wildman–Crippen MR) is 74.6 cm³/mol. The Bertz CT molecular complexity index is 627. The van der Waals surface area contributed by atoms with E-state index in [9.17, 15) is 4.79 Å². The van der Waals surface area contributed by atoms with Gasteiger partial charge in [-0.1, -0.05) is 11.8 Å². The lowest BCUT2D eigenvalue weighted by atomic mass is 10.2. The van der Waals surface area contributed by atoms with Gasteiger partial charge in [0.25, 0.3) is 0 Å². The number of nitrogens with zero attached hydrogens (tertiary/aromatic N) is 3. The normalized spacial score (nSPS) is 14.9. The fourth-order valence-electron chi connectivity index (χ4n) is 1.54. The van der Waals surface area contributed by atoms with Crippen LogP contribution in [0.3, 0.4) is 0 Å². The van der Waals surface area contributed by atoms with E-state index in [0.717, 1.165) is 12.8 Å².